The Morgan fingerprint density at radius 3 is 2.58 bits per heavy atom. The molecule has 4 rings (SSSR count). The van der Waals surface area contributed by atoms with Gasteiger partial charge in [0.15, 0.2) is 0 Å². The van der Waals surface area contributed by atoms with Crippen LogP contribution in [-0.2, 0) is 20.7 Å². The first-order chi connectivity index (χ1) is 15.1. The number of carbonyl (C=O) groups excluding carboxylic acids is 2. The zero-order valence-corrected chi connectivity index (χ0v) is 17.5. The third kappa shape index (κ3) is 4.34. The first-order valence-corrected chi connectivity index (χ1v) is 10.4. The lowest BCUT2D eigenvalue weighted by Gasteiger charge is -2.58. The van der Waals surface area contributed by atoms with Crippen molar-refractivity contribution in [3.63, 3.8) is 0 Å². The summed E-state index contributed by atoms with van der Waals surface area (Å²) in [5, 5.41) is 9.90. The number of nitrogens with zero attached hydrogens (tertiary/aromatic N) is 2. The predicted molar refractivity (Wildman–Crippen MR) is 116 cm³/mol. The number of amides is 2. The van der Waals surface area contributed by atoms with E-state index in [1.807, 2.05) is 42.5 Å². The minimum Gasteiger partial charge on any atom is -0.394 e. The third-order valence-electron chi connectivity index (χ3n) is 6.04. The van der Waals surface area contributed by atoms with Crippen LogP contribution < -0.4 is 0 Å². The molecule has 2 aromatic carbocycles. The highest BCUT2D eigenvalue weighted by Gasteiger charge is 2.54. The van der Waals surface area contributed by atoms with Gasteiger partial charge < -0.3 is 19.6 Å². The number of methoxy groups -OCH3 is 1. The molecule has 0 bridgehead atoms. The fourth-order valence-electron chi connectivity index (χ4n) is 4.54. The van der Waals surface area contributed by atoms with Gasteiger partial charge >= 0.3 is 0 Å². The Balaban J connectivity index is 1.46. The van der Waals surface area contributed by atoms with Gasteiger partial charge in [0, 0.05) is 31.6 Å². The highest BCUT2D eigenvalue weighted by atomic mass is 16.5. The maximum absolute atomic E-state index is 12.6. The number of aliphatic hydroxyl groups excluding tert-OH is 1. The monoisotopic (exact) mass is 418 g/mol. The Kier molecular flexibility index (Phi) is 6.36. The predicted octanol–water partition coefficient (Wildman–Crippen LogP) is 1.42. The van der Waals surface area contributed by atoms with Gasteiger partial charge in [-0.3, -0.25) is 9.59 Å². The molecule has 31 heavy (non-hydrogen) atoms. The minimum atomic E-state index is -0.257. The van der Waals surface area contributed by atoms with Crippen molar-refractivity contribution >= 4 is 11.8 Å². The normalized spacial score (nSPS) is 22.3. The lowest BCUT2D eigenvalue weighted by atomic mass is 9.73. The SMILES string of the molecule is COCC(=O)N1CC(=O)N2[C@H](CO)[C@H](c3ccc(C#CCc4ccccc4)cc3)[C@H]2C1. The second-order valence-corrected chi connectivity index (χ2v) is 7.94. The summed E-state index contributed by atoms with van der Waals surface area (Å²) >= 11 is 0. The van der Waals surface area contributed by atoms with Crippen LogP contribution in [-0.4, -0.2) is 72.2 Å². The van der Waals surface area contributed by atoms with Crippen molar-refractivity contribution in [3.05, 3.63) is 71.3 Å². The Labute approximate surface area is 182 Å². The number of carbonyl (C=O) groups is 2. The van der Waals surface area contributed by atoms with Gasteiger partial charge in [-0.15, -0.1) is 0 Å². The van der Waals surface area contributed by atoms with Gasteiger partial charge in [-0.2, -0.15) is 0 Å². The topological polar surface area (TPSA) is 70.1 Å². The Morgan fingerprint density at radius 2 is 1.90 bits per heavy atom. The summed E-state index contributed by atoms with van der Waals surface area (Å²) in [7, 11) is 1.47. The van der Waals surface area contributed by atoms with E-state index >= 15 is 0 Å². The molecule has 0 aromatic heterocycles. The third-order valence-corrected chi connectivity index (χ3v) is 6.04. The molecule has 1 N–H and O–H groups in total. The molecule has 6 nitrogen and oxygen atoms in total. The average Bonchev–Trinajstić information content (AvgIpc) is 2.77. The number of fused-ring (bicyclic) bond motifs is 1. The van der Waals surface area contributed by atoms with Crippen LogP contribution in [0, 0.1) is 11.8 Å². The molecular formula is C25H26N2O4. The summed E-state index contributed by atoms with van der Waals surface area (Å²) in [5.41, 5.74) is 3.15. The maximum Gasteiger partial charge on any atom is 0.249 e. The Hall–Kier alpha value is -3.14. The molecular weight excluding hydrogens is 392 g/mol. The largest absolute Gasteiger partial charge is 0.394 e. The van der Waals surface area contributed by atoms with Crippen LogP contribution in [0.5, 0.6) is 0 Å². The van der Waals surface area contributed by atoms with Crippen LogP contribution in [0.1, 0.15) is 22.6 Å². The average molecular weight is 418 g/mol. The van der Waals surface area contributed by atoms with Gasteiger partial charge in [0.2, 0.25) is 11.8 Å². The molecule has 2 amide bonds. The molecule has 2 fully saturated rings. The van der Waals surface area contributed by atoms with Crippen LogP contribution in [0.15, 0.2) is 54.6 Å². The fourth-order valence-corrected chi connectivity index (χ4v) is 4.54. The standard InChI is InChI=1S/C25H26N2O4/c1-31-17-24(30)26-14-21-25(22(16-28)27(21)23(29)15-26)20-12-10-19(11-13-20)9-5-8-18-6-3-2-4-7-18/h2-4,6-7,10-13,21-22,25,28H,8,14-17H2,1H3/t21-,22-,25-/m1/s1. The van der Waals surface area contributed by atoms with Crippen LogP contribution >= 0.6 is 0 Å². The van der Waals surface area contributed by atoms with Gasteiger partial charge in [0.25, 0.3) is 0 Å². The summed E-state index contributed by atoms with van der Waals surface area (Å²) in [4.78, 5) is 28.1. The zero-order chi connectivity index (χ0) is 21.8. The van der Waals surface area contributed by atoms with E-state index in [0.29, 0.717) is 13.0 Å². The highest BCUT2D eigenvalue weighted by Crippen LogP contribution is 2.42. The number of aliphatic hydroxyl groups is 1. The van der Waals surface area contributed by atoms with Crippen molar-refractivity contribution in [2.75, 3.05) is 33.4 Å². The lowest BCUT2D eigenvalue weighted by Crippen LogP contribution is -2.73. The summed E-state index contributed by atoms with van der Waals surface area (Å²) in [6, 6.07) is 17.7. The molecule has 0 saturated carbocycles. The van der Waals surface area contributed by atoms with Crippen LogP contribution in [0.3, 0.4) is 0 Å². The van der Waals surface area contributed by atoms with Crippen molar-refractivity contribution in [1.29, 1.82) is 0 Å². The van der Waals surface area contributed by atoms with Gasteiger partial charge in [0.1, 0.15) is 6.61 Å². The van der Waals surface area contributed by atoms with E-state index in [0.717, 1.165) is 11.1 Å². The second kappa shape index (κ2) is 9.34. The van der Waals surface area contributed by atoms with Crippen molar-refractivity contribution in [2.24, 2.45) is 0 Å². The number of ether oxygens (including phenoxy) is 1. The molecule has 0 spiro atoms. The summed E-state index contributed by atoms with van der Waals surface area (Å²) in [6.45, 7) is 0.355. The molecule has 2 aliphatic rings. The number of hydrogen-bond donors (Lipinski definition) is 1. The van der Waals surface area contributed by atoms with Crippen molar-refractivity contribution in [2.45, 2.75) is 24.4 Å². The van der Waals surface area contributed by atoms with E-state index in [-0.39, 0.29) is 49.6 Å². The molecule has 2 heterocycles. The van der Waals surface area contributed by atoms with Gasteiger partial charge in [-0.05, 0) is 23.3 Å². The Bertz CT molecular complexity index is 994. The highest BCUT2D eigenvalue weighted by molar-refractivity contribution is 5.88. The maximum atomic E-state index is 12.6. The van der Waals surface area contributed by atoms with Gasteiger partial charge in [0.05, 0.1) is 25.2 Å². The quantitative estimate of drug-likeness (QED) is 0.746. The molecule has 0 unspecified atom stereocenters. The number of benzene rings is 2. The van der Waals surface area contributed by atoms with Gasteiger partial charge in [-0.25, -0.2) is 0 Å². The molecule has 0 radical (unpaired) electrons. The van der Waals surface area contributed by atoms with E-state index in [1.165, 1.54) is 12.7 Å². The molecule has 2 aromatic rings. The molecule has 2 aliphatic heterocycles. The summed E-state index contributed by atoms with van der Waals surface area (Å²) in [6.07, 6.45) is 0.697. The molecule has 160 valence electrons. The van der Waals surface area contributed by atoms with E-state index in [1.54, 1.807) is 9.80 Å². The molecule has 6 heteroatoms. The number of rotatable bonds is 5. The molecule has 2 saturated heterocycles. The summed E-state index contributed by atoms with van der Waals surface area (Å²) < 4.78 is 4.93. The number of hydrogen-bond acceptors (Lipinski definition) is 4. The van der Waals surface area contributed by atoms with Crippen molar-refractivity contribution in [1.82, 2.24) is 9.80 Å². The van der Waals surface area contributed by atoms with Crippen LogP contribution in [0.25, 0.3) is 0 Å². The molecule has 0 aliphatic carbocycles. The molecule has 3 atom stereocenters. The van der Waals surface area contributed by atoms with E-state index in [2.05, 4.69) is 24.0 Å². The zero-order valence-electron chi connectivity index (χ0n) is 17.5. The van der Waals surface area contributed by atoms with Crippen molar-refractivity contribution in [3.8, 4) is 11.8 Å². The number of piperazine rings is 1. The lowest BCUT2D eigenvalue weighted by molar-refractivity contribution is -0.168. The smallest absolute Gasteiger partial charge is 0.249 e. The van der Waals surface area contributed by atoms with E-state index in [9.17, 15) is 14.7 Å². The first kappa shape index (κ1) is 21.1. The second-order valence-electron chi connectivity index (χ2n) is 7.94. The fraction of sp³-hybridized carbons (Fsp3) is 0.360. The summed E-state index contributed by atoms with van der Waals surface area (Å²) in [5.74, 6) is 6.06. The van der Waals surface area contributed by atoms with E-state index in [4.69, 9.17) is 4.74 Å². The van der Waals surface area contributed by atoms with Crippen LogP contribution in [0.2, 0.25) is 0 Å². The van der Waals surface area contributed by atoms with E-state index < -0.39 is 0 Å². The van der Waals surface area contributed by atoms with Gasteiger partial charge in [-0.1, -0.05) is 54.3 Å². The van der Waals surface area contributed by atoms with Crippen molar-refractivity contribution < 1.29 is 19.4 Å². The minimum absolute atomic E-state index is 0.0153. The van der Waals surface area contributed by atoms with Crippen LogP contribution in [0.4, 0.5) is 0 Å². The Morgan fingerprint density at radius 1 is 1.16 bits per heavy atom. The first-order valence-electron chi connectivity index (χ1n) is 10.4.